The second-order valence-electron chi connectivity index (χ2n) is 5.98. The van der Waals surface area contributed by atoms with E-state index in [0.29, 0.717) is 54.9 Å². The third kappa shape index (κ3) is 3.10. The Labute approximate surface area is 148 Å². The zero-order valence-corrected chi connectivity index (χ0v) is 15.0. The summed E-state index contributed by atoms with van der Waals surface area (Å²) in [5, 5.41) is 0. The molecule has 1 amide bonds. The molecule has 7 heteroatoms. The SMILES string of the molecule is CCOC(=O)C1CCN(CN2C(=O)C(=O)c3c(Br)cccc32)CC1. The Hall–Kier alpha value is -1.73. The maximum absolute atomic E-state index is 12.3. The molecule has 24 heavy (non-hydrogen) atoms. The number of anilines is 1. The predicted octanol–water partition coefficient (Wildman–Crippen LogP) is 2.21. The van der Waals surface area contributed by atoms with Gasteiger partial charge in [-0.25, -0.2) is 0 Å². The number of Topliss-reactive ketones (excluding diaryl/α,β-unsaturated/α-hetero) is 1. The lowest BCUT2D eigenvalue weighted by Gasteiger charge is -2.33. The summed E-state index contributed by atoms with van der Waals surface area (Å²) in [6, 6.07) is 5.36. The van der Waals surface area contributed by atoms with Crippen LogP contribution in [0, 0.1) is 5.92 Å². The number of hydrogen-bond donors (Lipinski definition) is 0. The summed E-state index contributed by atoms with van der Waals surface area (Å²) >= 11 is 3.34. The minimum Gasteiger partial charge on any atom is -0.466 e. The van der Waals surface area contributed by atoms with Crippen molar-refractivity contribution in [1.29, 1.82) is 0 Å². The summed E-state index contributed by atoms with van der Waals surface area (Å²) in [4.78, 5) is 39.9. The van der Waals surface area contributed by atoms with E-state index in [1.165, 1.54) is 4.90 Å². The van der Waals surface area contributed by atoms with Crippen molar-refractivity contribution in [2.45, 2.75) is 19.8 Å². The molecule has 6 nitrogen and oxygen atoms in total. The van der Waals surface area contributed by atoms with E-state index in [1.807, 2.05) is 6.07 Å². The maximum Gasteiger partial charge on any atom is 0.309 e. The first-order valence-corrected chi connectivity index (χ1v) is 8.86. The number of benzene rings is 1. The smallest absolute Gasteiger partial charge is 0.309 e. The van der Waals surface area contributed by atoms with E-state index in [4.69, 9.17) is 4.74 Å². The number of nitrogens with zero attached hydrogens (tertiary/aromatic N) is 2. The first-order chi connectivity index (χ1) is 11.5. The number of piperidine rings is 1. The third-order valence-electron chi connectivity index (χ3n) is 4.50. The van der Waals surface area contributed by atoms with Gasteiger partial charge in [-0.1, -0.05) is 6.07 Å². The monoisotopic (exact) mass is 394 g/mol. The molecule has 2 heterocycles. The van der Waals surface area contributed by atoms with Crippen molar-refractivity contribution in [1.82, 2.24) is 4.90 Å². The van der Waals surface area contributed by atoms with Gasteiger partial charge in [-0.3, -0.25) is 24.2 Å². The molecule has 0 N–H and O–H groups in total. The van der Waals surface area contributed by atoms with Crippen molar-refractivity contribution in [3.8, 4) is 0 Å². The Morgan fingerprint density at radius 1 is 1.29 bits per heavy atom. The van der Waals surface area contributed by atoms with Crippen LogP contribution in [0.25, 0.3) is 0 Å². The molecule has 2 aliphatic heterocycles. The van der Waals surface area contributed by atoms with Crippen LogP contribution in [0.2, 0.25) is 0 Å². The van der Waals surface area contributed by atoms with E-state index < -0.39 is 11.7 Å². The minimum atomic E-state index is -0.496. The van der Waals surface area contributed by atoms with Gasteiger partial charge in [0, 0.05) is 17.6 Å². The van der Waals surface area contributed by atoms with Gasteiger partial charge in [-0.05, 0) is 47.8 Å². The van der Waals surface area contributed by atoms with E-state index >= 15 is 0 Å². The number of ketones is 1. The fourth-order valence-electron chi connectivity index (χ4n) is 3.21. The van der Waals surface area contributed by atoms with Crippen molar-refractivity contribution in [3.63, 3.8) is 0 Å². The zero-order chi connectivity index (χ0) is 17.3. The topological polar surface area (TPSA) is 66.9 Å². The summed E-state index contributed by atoms with van der Waals surface area (Å²) < 4.78 is 5.71. The van der Waals surface area contributed by atoms with Crippen LogP contribution in [0.15, 0.2) is 22.7 Å². The molecule has 3 rings (SSSR count). The van der Waals surface area contributed by atoms with Crippen molar-refractivity contribution in [2.24, 2.45) is 5.92 Å². The zero-order valence-electron chi connectivity index (χ0n) is 13.5. The maximum atomic E-state index is 12.3. The molecule has 0 bridgehead atoms. The van der Waals surface area contributed by atoms with Crippen LogP contribution in [0.1, 0.15) is 30.1 Å². The second kappa shape index (κ2) is 7.03. The largest absolute Gasteiger partial charge is 0.466 e. The Morgan fingerprint density at radius 2 is 2.00 bits per heavy atom. The molecular formula is C17H19BrN2O4. The lowest BCUT2D eigenvalue weighted by atomic mass is 9.97. The first-order valence-electron chi connectivity index (χ1n) is 8.06. The van der Waals surface area contributed by atoms with Crippen LogP contribution >= 0.6 is 15.9 Å². The molecule has 1 aromatic rings. The number of amides is 1. The van der Waals surface area contributed by atoms with Crippen LogP contribution < -0.4 is 4.90 Å². The Balaban J connectivity index is 1.66. The molecule has 1 fully saturated rings. The first kappa shape index (κ1) is 17.1. The van der Waals surface area contributed by atoms with Gasteiger partial charge in [-0.2, -0.15) is 0 Å². The Kier molecular flexibility index (Phi) is 5.01. The van der Waals surface area contributed by atoms with Crippen LogP contribution in [0.3, 0.4) is 0 Å². The number of hydrogen-bond acceptors (Lipinski definition) is 5. The molecule has 0 atom stereocenters. The summed E-state index contributed by atoms with van der Waals surface area (Å²) in [7, 11) is 0. The van der Waals surface area contributed by atoms with Gasteiger partial charge in [-0.15, -0.1) is 0 Å². The van der Waals surface area contributed by atoms with Gasteiger partial charge in [0.1, 0.15) is 0 Å². The second-order valence-corrected chi connectivity index (χ2v) is 6.84. The van der Waals surface area contributed by atoms with Gasteiger partial charge < -0.3 is 4.74 Å². The third-order valence-corrected chi connectivity index (χ3v) is 5.16. The van der Waals surface area contributed by atoms with Crippen molar-refractivity contribution in [2.75, 3.05) is 31.3 Å². The fourth-order valence-corrected chi connectivity index (χ4v) is 3.75. The highest BCUT2D eigenvalue weighted by Crippen LogP contribution is 2.34. The molecule has 0 unspecified atom stereocenters. The molecule has 1 aromatic carbocycles. The van der Waals surface area contributed by atoms with Gasteiger partial charge in [0.25, 0.3) is 5.78 Å². The Bertz CT molecular complexity index is 683. The van der Waals surface area contributed by atoms with Crippen LogP contribution in [-0.2, 0) is 14.3 Å². The summed E-state index contributed by atoms with van der Waals surface area (Å²) in [6.45, 7) is 3.97. The minimum absolute atomic E-state index is 0.0708. The van der Waals surface area contributed by atoms with Crippen LogP contribution in [0.5, 0.6) is 0 Å². The number of esters is 1. The summed E-state index contributed by atoms with van der Waals surface area (Å²) in [5.74, 6) is -1.18. The van der Waals surface area contributed by atoms with Crippen LogP contribution in [-0.4, -0.2) is 48.9 Å². The lowest BCUT2D eigenvalue weighted by Crippen LogP contribution is -2.45. The van der Waals surface area contributed by atoms with Crippen LogP contribution in [0.4, 0.5) is 5.69 Å². The molecule has 0 aromatic heterocycles. The van der Waals surface area contributed by atoms with Crippen molar-refractivity contribution < 1.29 is 19.1 Å². The molecule has 2 aliphatic rings. The molecule has 0 saturated carbocycles. The highest BCUT2D eigenvalue weighted by molar-refractivity contribution is 9.10. The van der Waals surface area contributed by atoms with E-state index in [1.54, 1.807) is 19.1 Å². The van der Waals surface area contributed by atoms with Crippen molar-refractivity contribution >= 4 is 39.3 Å². The fraction of sp³-hybridized carbons (Fsp3) is 0.471. The highest BCUT2D eigenvalue weighted by atomic mass is 79.9. The molecule has 128 valence electrons. The summed E-state index contributed by atoms with van der Waals surface area (Å²) in [5.41, 5.74) is 1.08. The average molecular weight is 395 g/mol. The molecule has 0 radical (unpaired) electrons. The van der Waals surface area contributed by atoms with E-state index in [0.717, 1.165) is 0 Å². The standard InChI is InChI=1S/C17H19BrN2O4/c1-2-24-17(23)11-6-8-19(9-7-11)10-20-13-5-3-4-12(18)14(13)15(21)16(20)22/h3-5,11H,2,6-10H2,1H3. The number of rotatable bonds is 4. The van der Waals surface area contributed by atoms with E-state index in [9.17, 15) is 14.4 Å². The number of fused-ring (bicyclic) bond motifs is 1. The Morgan fingerprint density at radius 3 is 2.67 bits per heavy atom. The number of halogens is 1. The van der Waals surface area contributed by atoms with E-state index in [2.05, 4.69) is 20.8 Å². The molecule has 0 spiro atoms. The normalized spacial score (nSPS) is 18.8. The molecule has 0 aliphatic carbocycles. The molecule has 1 saturated heterocycles. The van der Waals surface area contributed by atoms with Gasteiger partial charge in [0.2, 0.25) is 0 Å². The highest BCUT2D eigenvalue weighted by Gasteiger charge is 2.38. The number of likely N-dealkylation sites (tertiary alicyclic amines) is 1. The number of carbonyl (C=O) groups is 3. The lowest BCUT2D eigenvalue weighted by molar-refractivity contribution is -0.149. The van der Waals surface area contributed by atoms with E-state index in [-0.39, 0.29) is 11.9 Å². The quantitative estimate of drug-likeness (QED) is 0.578. The number of carbonyl (C=O) groups excluding carboxylic acids is 3. The predicted molar refractivity (Wildman–Crippen MR) is 91.8 cm³/mol. The van der Waals surface area contributed by atoms with Gasteiger partial charge >= 0.3 is 11.9 Å². The average Bonchev–Trinajstić information content (AvgIpc) is 2.82. The van der Waals surface area contributed by atoms with Gasteiger partial charge in [0.05, 0.1) is 30.4 Å². The molecular weight excluding hydrogens is 376 g/mol. The number of ether oxygens (including phenoxy) is 1. The van der Waals surface area contributed by atoms with Crippen molar-refractivity contribution in [3.05, 3.63) is 28.2 Å². The summed E-state index contributed by atoms with van der Waals surface area (Å²) in [6.07, 6.45) is 1.42. The van der Waals surface area contributed by atoms with Gasteiger partial charge in [0.15, 0.2) is 0 Å².